The Kier molecular flexibility index (Phi) is 8.04. The summed E-state index contributed by atoms with van der Waals surface area (Å²) >= 11 is 0. The van der Waals surface area contributed by atoms with Crippen molar-refractivity contribution in [2.45, 2.75) is 71.9 Å². The van der Waals surface area contributed by atoms with Crippen LogP contribution in [0.1, 0.15) is 60.3 Å². The van der Waals surface area contributed by atoms with Gasteiger partial charge in [0.2, 0.25) is 0 Å². The van der Waals surface area contributed by atoms with Gasteiger partial charge in [-0.2, -0.15) is 0 Å². The molecule has 0 radical (unpaired) electrons. The van der Waals surface area contributed by atoms with E-state index in [1.807, 2.05) is 0 Å². The quantitative estimate of drug-likeness (QED) is 0.652. The number of ether oxygens (including phenoxy) is 1. The number of methoxy groups -OCH3 is 1. The lowest BCUT2D eigenvalue weighted by atomic mass is 9.89. The highest BCUT2D eigenvalue weighted by Gasteiger charge is 2.21. The summed E-state index contributed by atoms with van der Waals surface area (Å²) in [5, 5.41) is 3.61. The average Bonchev–Trinajstić information content (AvgIpc) is 2.24. The van der Waals surface area contributed by atoms with Crippen LogP contribution in [0.2, 0.25) is 0 Å². The van der Waals surface area contributed by atoms with Gasteiger partial charge in [-0.3, -0.25) is 0 Å². The molecular formula is C14H31NO. The lowest BCUT2D eigenvalue weighted by Gasteiger charge is -2.29. The molecule has 98 valence electrons. The summed E-state index contributed by atoms with van der Waals surface area (Å²) in [6.07, 6.45) is 4.91. The standard InChI is InChI=1S/C14H31NO/c1-7-9-12(3)13(15-8-2)10-11-14(4,5)16-6/h12-13,15H,7-11H2,1-6H3. The molecule has 0 saturated heterocycles. The predicted molar refractivity (Wildman–Crippen MR) is 71.9 cm³/mol. The van der Waals surface area contributed by atoms with Gasteiger partial charge in [0.1, 0.15) is 0 Å². The van der Waals surface area contributed by atoms with E-state index in [0.29, 0.717) is 6.04 Å². The first kappa shape index (κ1) is 15.9. The van der Waals surface area contributed by atoms with Gasteiger partial charge in [-0.15, -0.1) is 0 Å². The Morgan fingerprint density at radius 2 is 1.81 bits per heavy atom. The number of hydrogen-bond acceptors (Lipinski definition) is 2. The normalized spacial score (nSPS) is 16.1. The highest BCUT2D eigenvalue weighted by Crippen LogP contribution is 2.21. The molecule has 0 rings (SSSR count). The Balaban J connectivity index is 4.12. The monoisotopic (exact) mass is 229 g/mol. The second kappa shape index (κ2) is 8.08. The summed E-state index contributed by atoms with van der Waals surface area (Å²) < 4.78 is 5.48. The summed E-state index contributed by atoms with van der Waals surface area (Å²) in [5.41, 5.74) is 0.0135. The molecule has 0 heterocycles. The first-order valence-electron chi connectivity index (χ1n) is 6.75. The fourth-order valence-corrected chi connectivity index (χ4v) is 2.11. The van der Waals surface area contributed by atoms with E-state index in [1.54, 1.807) is 7.11 Å². The van der Waals surface area contributed by atoms with Crippen molar-refractivity contribution in [3.63, 3.8) is 0 Å². The van der Waals surface area contributed by atoms with Gasteiger partial charge in [0.15, 0.2) is 0 Å². The molecule has 0 aromatic rings. The van der Waals surface area contributed by atoms with Crippen molar-refractivity contribution < 1.29 is 4.74 Å². The fraction of sp³-hybridized carbons (Fsp3) is 1.00. The SMILES string of the molecule is CCCC(C)C(CCC(C)(C)OC)NCC. The highest BCUT2D eigenvalue weighted by molar-refractivity contribution is 4.77. The molecule has 0 bridgehead atoms. The van der Waals surface area contributed by atoms with Crippen molar-refractivity contribution in [3.05, 3.63) is 0 Å². The van der Waals surface area contributed by atoms with Crippen LogP contribution in [0.15, 0.2) is 0 Å². The molecule has 1 N–H and O–H groups in total. The number of rotatable bonds is 9. The average molecular weight is 229 g/mol. The maximum absolute atomic E-state index is 5.48. The van der Waals surface area contributed by atoms with Crippen LogP contribution >= 0.6 is 0 Å². The topological polar surface area (TPSA) is 21.3 Å². The van der Waals surface area contributed by atoms with E-state index >= 15 is 0 Å². The summed E-state index contributed by atoms with van der Waals surface area (Å²) in [7, 11) is 1.80. The molecule has 16 heavy (non-hydrogen) atoms. The lowest BCUT2D eigenvalue weighted by Crippen LogP contribution is -2.37. The third-order valence-corrected chi connectivity index (χ3v) is 3.51. The van der Waals surface area contributed by atoms with Crippen LogP contribution < -0.4 is 5.32 Å². The summed E-state index contributed by atoms with van der Waals surface area (Å²) in [6, 6.07) is 0.638. The largest absolute Gasteiger partial charge is 0.379 e. The molecule has 0 aliphatic rings. The van der Waals surface area contributed by atoms with Crippen LogP contribution in [-0.2, 0) is 4.74 Å². The highest BCUT2D eigenvalue weighted by atomic mass is 16.5. The van der Waals surface area contributed by atoms with E-state index in [2.05, 4.69) is 39.9 Å². The van der Waals surface area contributed by atoms with Crippen molar-refractivity contribution in [1.82, 2.24) is 5.32 Å². The van der Waals surface area contributed by atoms with Crippen molar-refractivity contribution in [2.75, 3.05) is 13.7 Å². The maximum Gasteiger partial charge on any atom is 0.0623 e. The van der Waals surface area contributed by atoms with Crippen molar-refractivity contribution in [3.8, 4) is 0 Å². The zero-order valence-corrected chi connectivity index (χ0v) is 12.1. The van der Waals surface area contributed by atoms with E-state index in [-0.39, 0.29) is 5.60 Å². The molecule has 2 unspecified atom stereocenters. The van der Waals surface area contributed by atoms with Crippen LogP contribution in [0.4, 0.5) is 0 Å². The molecule has 0 fully saturated rings. The molecule has 0 spiro atoms. The van der Waals surface area contributed by atoms with Gasteiger partial charge in [-0.05, 0) is 45.6 Å². The summed E-state index contributed by atoms with van der Waals surface area (Å²) in [5.74, 6) is 0.762. The molecule has 0 aliphatic carbocycles. The molecule has 2 heteroatoms. The van der Waals surface area contributed by atoms with Crippen molar-refractivity contribution in [1.29, 1.82) is 0 Å². The van der Waals surface area contributed by atoms with Gasteiger partial charge in [0.05, 0.1) is 5.60 Å². The molecule has 0 saturated carbocycles. The van der Waals surface area contributed by atoms with Gasteiger partial charge < -0.3 is 10.1 Å². The zero-order chi connectivity index (χ0) is 12.6. The number of nitrogens with one attached hydrogen (secondary N) is 1. The van der Waals surface area contributed by atoms with Crippen molar-refractivity contribution >= 4 is 0 Å². The van der Waals surface area contributed by atoms with Crippen LogP contribution in [-0.4, -0.2) is 25.3 Å². The van der Waals surface area contributed by atoms with E-state index in [9.17, 15) is 0 Å². The molecule has 0 aromatic carbocycles. The Bertz CT molecular complexity index is 168. The lowest BCUT2D eigenvalue weighted by molar-refractivity contribution is 0.0103. The summed E-state index contributed by atoms with van der Waals surface area (Å²) in [6.45, 7) is 12.2. The smallest absolute Gasteiger partial charge is 0.0623 e. The third-order valence-electron chi connectivity index (χ3n) is 3.51. The second-order valence-corrected chi connectivity index (χ2v) is 5.43. The maximum atomic E-state index is 5.48. The van der Waals surface area contributed by atoms with Gasteiger partial charge >= 0.3 is 0 Å². The van der Waals surface area contributed by atoms with E-state index in [0.717, 1.165) is 18.9 Å². The minimum Gasteiger partial charge on any atom is -0.379 e. The van der Waals surface area contributed by atoms with Crippen LogP contribution in [0.3, 0.4) is 0 Å². The molecule has 2 atom stereocenters. The number of hydrogen-bond donors (Lipinski definition) is 1. The second-order valence-electron chi connectivity index (χ2n) is 5.43. The molecule has 2 nitrogen and oxygen atoms in total. The molecular weight excluding hydrogens is 198 g/mol. The van der Waals surface area contributed by atoms with E-state index in [4.69, 9.17) is 4.74 Å². The van der Waals surface area contributed by atoms with Crippen LogP contribution in [0.25, 0.3) is 0 Å². The van der Waals surface area contributed by atoms with Gasteiger partial charge in [-0.1, -0.05) is 27.2 Å². The minimum absolute atomic E-state index is 0.0135. The first-order chi connectivity index (χ1) is 7.46. The summed E-state index contributed by atoms with van der Waals surface area (Å²) in [4.78, 5) is 0. The minimum atomic E-state index is 0.0135. The molecule has 0 amide bonds. The van der Waals surface area contributed by atoms with Crippen LogP contribution in [0.5, 0.6) is 0 Å². The van der Waals surface area contributed by atoms with E-state index in [1.165, 1.54) is 19.3 Å². The van der Waals surface area contributed by atoms with Crippen LogP contribution in [0, 0.1) is 5.92 Å². The van der Waals surface area contributed by atoms with Gasteiger partial charge in [0.25, 0.3) is 0 Å². The van der Waals surface area contributed by atoms with Gasteiger partial charge in [0, 0.05) is 13.2 Å². The Hall–Kier alpha value is -0.0800. The zero-order valence-electron chi connectivity index (χ0n) is 12.1. The Morgan fingerprint density at radius 3 is 2.25 bits per heavy atom. The third kappa shape index (κ3) is 6.49. The molecule has 0 aromatic heterocycles. The Labute approximate surface area is 102 Å². The Morgan fingerprint density at radius 1 is 1.19 bits per heavy atom. The predicted octanol–water partition coefficient (Wildman–Crippen LogP) is 3.61. The fourth-order valence-electron chi connectivity index (χ4n) is 2.11. The van der Waals surface area contributed by atoms with Gasteiger partial charge in [-0.25, -0.2) is 0 Å². The first-order valence-corrected chi connectivity index (χ1v) is 6.75. The van der Waals surface area contributed by atoms with E-state index < -0.39 is 0 Å². The van der Waals surface area contributed by atoms with Crippen molar-refractivity contribution in [2.24, 2.45) is 5.92 Å². The molecule has 0 aliphatic heterocycles.